The molecule has 0 fully saturated rings. The van der Waals surface area contributed by atoms with Gasteiger partial charge in [-0.1, -0.05) is 23.7 Å². The van der Waals surface area contributed by atoms with Crippen LogP contribution >= 0.6 is 11.6 Å². The van der Waals surface area contributed by atoms with Crippen molar-refractivity contribution in [2.75, 3.05) is 23.4 Å². The summed E-state index contributed by atoms with van der Waals surface area (Å²) in [5.74, 6) is -0.475. The molecule has 2 heterocycles. The van der Waals surface area contributed by atoms with Gasteiger partial charge in [-0.25, -0.2) is 4.98 Å². The smallest absolute Gasteiger partial charge is 0.308 e. The Kier molecular flexibility index (Phi) is 6.10. The molecule has 1 aliphatic heterocycles. The summed E-state index contributed by atoms with van der Waals surface area (Å²) < 4.78 is 10.5. The van der Waals surface area contributed by atoms with Crippen LogP contribution in [0.4, 0.5) is 11.5 Å². The third-order valence-corrected chi connectivity index (χ3v) is 4.23. The third kappa shape index (κ3) is 4.77. The standard InChI is InChI=1S/C19H18ClN3O5/c1-12(19(26)22-16-7-6-13(20)10-21-16)28-18(25)8-9-23-14-4-2-3-5-15(14)27-11-17(23)24/h2-7,10,12H,8-9,11H2,1H3,(H,21,22,26)/t12-/m0/s1. The number of hydrogen-bond acceptors (Lipinski definition) is 6. The number of nitrogens with one attached hydrogen (secondary N) is 1. The van der Waals surface area contributed by atoms with Gasteiger partial charge in [0, 0.05) is 12.7 Å². The van der Waals surface area contributed by atoms with Crippen molar-refractivity contribution in [1.82, 2.24) is 4.98 Å². The quantitative estimate of drug-likeness (QED) is 0.744. The largest absolute Gasteiger partial charge is 0.482 e. The van der Waals surface area contributed by atoms with Crippen molar-refractivity contribution >= 4 is 40.9 Å². The fourth-order valence-electron chi connectivity index (χ4n) is 2.59. The van der Waals surface area contributed by atoms with Gasteiger partial charge in [-0.15, -0.1) is 0 Å². The maximum atomic E-state index is 12.1. The van der Waals surface area contributed by atoms with Crippen LogP contribution in [0, 0.1) is 0 Å². The highest BCUT2D eigenvalue weighted by molar-refractivity contribution is 6.30. The zero-order valence-corrected chi connectivity index (χ0v) is 15.8. The molecule has 0 saturated heterocycles. The highest BCUT2D eigenvalue weighted by Crippen LogP contribution is 2.31. The third-order valence-electron chi connectivity index (χ3n) is 4.00. The maximum Gasteiger partial charge on any atom is 0.308 e. The molecule has 1 aliphatic rings. The Balaban J connectivity index is 1.52. The number of fused-ring (bicyclic) bond motifs is 1. The summed E-state index contributed by atoms with van der Waals surface area (Å²) in [6, 6.07) is 10.2. The molecule has 28 heavy (non-hydrogen) atoms. The van der Waals surface area contributed by atoms with E-state index in [1.807, 2.05) is 0 Å². The number of para-hydroxylation sites is 2. The van der Waals surface area contributed by atoms with Crippen LogP contribution in [0.3, 0.4) is 0 Å². The average Bonchev–Trinajstić information content (AvgIpc) is 2.69. The molecule has 146 valence electrons. The van der Waals surface area contributed by atoms with E-state index in [0.29, 0.717) is 22.3 Å². The number of nitrogens with zero attached hydrogens (tertiary/aromatic N) is 2. The zero-order chi connectivity index (χ0) is 20.1. The second kappa shape index (κ2) is 8.71. The Bertz CT molecular complexity index is 887. The van der Waals surface area contributed by atoms with Crippen LogP contribution < -0.4 is 15.0 Å². The van der Waals surface area contributed by atoms with Crippen molar-refractivity contribution in [2.24, 2.45) is 0 Å². The molecule has 0 unspecified atom stereocenters. The number of pyridine rings is 1. The van der Waals surface area contributed by atoms with Crippen molar-refractivity contribution in [3.05, 3.63) is 47.6 Å². The minimum atomic E-state index is -1.02. The van der Waals surface area contributed by atoms with Gasteiger partial charge in [-0.05, 0) is 31.2 Å². The van der Waals surface area contributed by atoms with E-state index in [-0.39, 0.29) is 25.5 Å². The molecule has 2 amide bonds. The molecule has 0 radical (unpaired) electrons. The summed E-state index contributed by atoms with van der Waals surface area (Å²) in [6.07, 6.45) is 0.319. The Morgan fingerprint density at radius 2 is 2.11 bits per heavy atom. The summed E-state index contributed by atoms with van der Waals surface area (Å²) in [6.45, 7) is 1.50. The van der Waals surface area contributed by atoms with Gasteiger partial charge in [0.05, 0.1) is 17.1 Å². The number of ether oxygens (including phenoxy) is 2. The molecule has 9 heteroatoms. The number of aromatic nitrogens is 1. The molecular weight excluding hydrogens is 386 g/mol. The lowest BCUT2D eigenvalue weighted by Crippen LogP contribution is -2.40. The lowest BCUT2D eigenvalue weighted by molar-refractivity contribution is -0.153. The molecule has 0 bridgehead atoms. The second-order valence-corrected chi connectivity index (χ2v) is 6.47. The molecule has 2 aromatic rings. The first-order valence-electron chi connectivity index (χ1n) is 8.58. The molecule has 0 spiro atoms. The van der Waals surface area contributed by atoms with E-state index in [4.69, 9.17) is 21.1 Å². The molecule has 1 aromatic heterocycles. The lowest BCUT2D eigenvalue weighted by atomic mass is 10.2. The first kappa shape index (κ1) is 19.6. The molecule has 0 saturated carbocycles. The van der Waals surface area contributed by atoms with Crippen molar-refractivity contribution in [1.29, 1.82) is 0 Å². The number of rotatable bonds is 6. The first-order chi connectivity index (χ1) is 13.4. The van der Waals surface area contributed by atoms with Crippen molar-refractivity contribution < 1.29 is 23.9 Å². The van der Waals surface area contributed by atoms with Crippen molar-refractivity contribution in [3.8, 4) is 5.75 Å². The van der Waals surface area contributed by atoms with Gasteiger partial charge >= 0.3 is 5.97 Å². The molecule has 8 nitrogen and oxygen atoms in total. The van der Waals surface area contributed by atoms with Crippen molar-refractivity contribution in [2.45, 2.75) is 19.4 Å². The van der Waals surface area contributed by atoms with Crippen LogP contribution in [0.1, 0.15) is 13.3 Å². The van der Waals surface area contributed by atoms with Crippen LogP contribution in [0.15, 0.2) is 42.6 Å². The van der Waals surface area contributed by atoms with Gasteiger partial charge in [0.25, 0.3) is 11.8 Å². The number of carbonyl (C=O) groups is 3. The van der Waals surface area contributed by atoms with Gasteiger partial charge in [-0.2, -0.15) is 0 Å². The molecule has 0 aliphatic carbocycles. The van der Waals surface area contributed by atoms with Gasteiger partial charge in [0.1, 0.15) is 11.6 Å². The fourth-order valence-corrected chi connectivity index (χ4v) is 2.70. The summed E-state index contributed by atoms with van der Waals surface area (Å²) in [5, 5.41) is 2.97. The minimum absolute atomic E-state index is 0.0586. The molecular formula is C19H18ClN3O5. The highest BCUT2D eigenvalue weighted by atomic mass is 35.5. The lowest BCUT2D eigenvalue weighted by Gasteiger charge is -2.29. The number of hydrogen-bond donors (Lipinski definition) is 1. The van der Waals surface area contributed by atoms with E-state index >= 15 is 0 Å². The molecule has 1 N–H and O–H groups in total. The number of anilines is 2. The molecule has 1 atom stereocenters. The minimum Gasteiger partial charge on any atom is -0.482 e. The van der Waals surface area contributed by atoms with Gasteiger partial charge in [0.2, 0.25) is 0 Å². The van der Waals surface area contributed by atoms with E-state index in [9.17, 15) is 14.4 Å². The topological polar surface area (TPSA) is 97.8 Å². The van der Waals surface area contributed by atoms with Crippen LogP contribution in [0.5, 0.6) is 5.75 Å². The Morgan fingerprint density at radius 1 is 1.32 bits per heavy atom. The predicted molar refractivity (Wildman–Crippen MR) is 102 cm³/mol. The normalized spacial score (nSPS) is 13.9. The van der Waals surface area contributed by atoms with E-state index < -0.39 is 18.0 Å². The summed E-state index contributed by atoms with van der Waals surface area (Å²) in [7, 11) is 0. The average molecular weight is 404 g/mol. The Morgan fingerprint density at radius 3 is 2.86 bits per heavy atom. The van der Waals surface area contributed by atoms with Crippen LogP contribution in [0.2, 0.25) is 5.02 Å². The number of amides is 2. The first-order valence-corrected chi connectivity index (χ1v) is 8.96. The van der Waals surface area contributed by atoms with Crippen LogP contribution in [-0.2, 0) is 19.1 Å². The predicted octanol–water partition coefficient (Wildman–Crippen LogP) is 2.42. The monoisotopic (exact) mass is 403 g/mol. The SMILES string of the molecule is C[C@H](OC(=O)CCN1C(=O)COc2ccccc21)C(=O)Nc1ccc(Cl)cn1. The van der Waals surface area contributed by atoms with Crippen LogP contribution in [-0.4, -0.2) is 42.0 Å². The number of halogens is 1. The maximum absolute atomic E-state index is 12.1. The van der Waals surface area contributed by atoms with E-state index in [0.717, 1.165) is 0 Å². The number of carbonyl (C=O) groups excluding carboxylic acids is 3. The molecule has 3 rings (SSSR count). The van der Waals surface area contributed by atoms with Gasteiger partial charge < -0.3 is 19.7 Å². The Labute approximate surface area is 166 Å². The van der Waals surface area contributed by atoms with Gasteiger partial charge in [0.15, 0.2) is 12.7 Å². The van der Waals surface area contributed by atoms with Crippen molar-refractivity contribution in [3.63, 3.8) is 0 Å². The number of esters is 1. The van der Waals surface area contributed by atoms with Gasteiger partial charge in [-0.3, -0.25) is 14.4 Å². The fraction of sp³-hybridized carbons (Fsp3) is 0.263. The summed E-state index contributed by atoms with van der Waals surface area (Å²) in [5.41, 5.74) is 0.603. The zero-order valence-electron chi connectivity index (χ0n) is 15.1. The summed E-state index contributed by atoms with van der Waals surface area (Å²) in [4.78, 5) is 41.7. The number of benzene rings is 1. The van der Waals surface area contributed by atoms with Crippen LogP contribution in [0.25, 0.3) is 0 Å². The Hall–Kier alpha value is -3.13. The highest BCUT2D eigenvalue weighted by Gasteiger charge is 2.26. The van der Waals surface area contributed by atoms with E-state index in [2.05, 4.69) is 10.3 Å². The van der Waals surface area contributed by atoms with E-state index in [1.54, 1.807) is 30.3 Å². The second-order valence-electron chi connectivity index (χ2n) is 6.03. The van der Waals surface area contributed by atoms with E-state index in [1.165, 1.54) is 24.1 Å². The summed E-state index contributed by atoms with van der Waals surface area (Å²) >= 11 is 5.74. The molecule has 1 aromatic carbocycles.